The quantitative estimate of drug-likeness (QED) is 0.555. The zero-order chi connectivity index (χ0) is 17.6. The fourth-order valence-corrected chi connectivity index (χ4v) is 4.02. The van der Waals surface area contributed by atoms with Gasteiger partial charge in [-0.1, -0.05) is 37.3 Å². The van der Waals surface area contributed by atoms with E-state index in [4.69, 9.17) is 8.92 Å². The highest BCUT2D eigenvalue weighted by Gasteiger charge is 2.32. The summed E-state index contributed by atoms with van der Waals surface area (Å²) in [5.74, 6) is -0.0713. The van der Waals surface area contributed by atoms with E-state index in [2.05, 4.69) is 0 Å². The second kappa shape index (κ2) is 8.62. The van der Waals surface area contributed by atoms with Crippen LogP contribution in [0.5, 0.6) is 0 Å². The fourth-order valence-electron chi connectivity index (χ4n) is 3.28. The number of esters is 1. The van der Waals surface area contributed by atoms with Gasteiger partial charge in [-0.15, -0.1) is 0 Å². The molecule has 24 heavy (non-hydrogen) atoms. The average molecular weight is 354 g/mol. The van der Waals surface area contributed by atoms with Gasteiger partial charge in [0.05, 0.1) is 18.3 Å². The molecule has 0 radical (unpaired) electrons. The van der Waals surface area contributed by atoms with Crippen molar-refractivity contribution in [1.82, 2.24) is 0 Å². The zero-order valence-electron chi connectivity index (χ0n) is 14.3. The summed E-state index contributed by atoms with van der Waals surface area (Å²) < 4.78 is 33.3. The molecule has 0 spiro atoms. The van der Waals surface area contributed by atoms with Gasteiger partial charge in [0, 0.05) is 0 Å². The Hall–Kier alpha value is -1.40. The van der Waals surface area contributed by atoms with Crippen LogP contribution in [0.15, 0.2) is 30.3 Å². The maximum Gasteiger partial charge on any atom is 0.309 e. The summed E-state index contributed by atoms with van der Waals surface area (Å²) in [6.07, 6.45) is 4.48. The van der Waals surface area contributed by atoms with Gasteiger partial charge in [0.25, 0.3) is 10.1 Å². The minimum absolute atomic E-state index is 0.0966. The van der Waals surface area contributed by atoms with Crippen molar-refractivity contribution in [3.05, 3.63) is 35.9 Å². The molecule has 1 aliphatic carbocycles. The summed E-state index contributed by atoms with van der Waals surface area (Å²) in [5.41, 5.74) is 0.979. The molecule has 1 aromatic carbocycles. The third kappa shape index (κ3) is 5.91. The zero-order valence-corrected chi connectivity index (χ0v) is 15.1. The molecule has 1 saturated carbocycles. The van der Waals surface area contributed by atoms with Crippen LogP contribution in [0, 0.1) is 11.8 Å². The van der Waals surface area contributed by atoms with Gasteiger partial charge in [0.1, 0.15) is 6.61 Å². The molecule has 0 aromatic heterocycles. The molecule has 1 aliphatic rings. The summed E-state index contributed by atoms with van der Waals surface area (Å²) in [5, 5.41) is 0. The van der Waals surface area contributed by atoms with Crippen LogP contribution in [0.25, 0.3) is 0 Å². The fraction of sp³-hybridized carbons (Fsp3) is 0.611. The Labute approximate surface area is 144 Å². The number of rotatable bonds is 7. The van der Waals surface area contributed by atoms with E-state index in [0.29, 0.717) is 13.0 Å². The second-order valence-corrected chi connectivity index (χ2v) is 8.05. The Balaban J connectivity index is 1.80. The molecule has 134 valence electrons. The number of ether oxygens (including phenoxy) is 1. The first-order valence-corrected chi connectivity index (χ1v) is 10.3. The highest BCUT2D eigenvalue weighted by Crippen LogP contribution is 2.34. The van der Waals surface area contributed by atoms with Crippen molar-refractivity contribution in [2.45, 2.75) is 51.7 Å². The molecule has 0 aliphatic heterocycles. The standard InChI is InChI=1S/C18H26O5S/c1-3-17(23-24(2,20)21)15-9-11-16(12-10-15)18(19)22-13-14-7-5-4-6-8-14/h4-8,15-17H,3,9-13H2,1-2H3. The van der Waals surface area contributed by atoms with Gasteiger partial charge in [-0.2, -0.15) is 8.42 Å². The molecule has 0 heterocycles. The van der Waals surface area contributed by atoms with Gasteiger partial charge in [-0.3, -0.25) is 8.98 Å². The monoisotopic (exact) mass is 354 g/mol. The number of hydrogen-bond donors (Lipinski definition) is 0. The van der Waals surface area contributed by atoms with E-state index < -0.39 is 10.1 Å². The van der Waals surface area contributed by atoms with Gasteiger partial charge in [-0.25, -0.2) is 0 Å². The number of hydrogen-bond acceptors (Lipinski definition) is 5. The normalized spacial score (nSPS) is 22.8. The Bertz CT molecular complexity index is 618. The van der Waals surface area contributed by atoms with Crippen LogP contribution >= 0.6 is 0 Å². The minimum atomic E-state index is -3.45. The molecule has 6 heteroatoms. The molecule has 0 bridgehead atoms. The SMILES string of the molecule is CCC(OS(C)(=O)=O)C1CCC(C(=O)OCc2ccccc2)CC1. The molecule has 1 fully saturated rings. The average Bonchev–Trinajstić information content (AvgIpc) is 2.58. The van der Waals surface area contributed by atoms with Crippen molar-refractivity contribution in [1.29, 1.82) is 0 Å². The number of carbonyl (C=O) groups excluding carboxylic acids is 1. The van der Waals surface area contributed by atoms with Gasteiger partial charge in [0.2, 0.25) is 0 Å². The molecule has 1 atom stereocenters. The first kappa shape index (κ1) is 18.9. The van der Waals surface area contributed by atoms with Crippen LogP contribution in [-0.4, -0.2) is 26.7 Å². The lowest BCUT2D eigenvalue weighted by atomic mass is 9.79. The Morgan fingerprint density at radius 3 is 2.33 bits per heavy atom. The van der Waals surface area contributed by atoms with Crippen LogP contribution in [0.2, 0.25) is 0 Å². The molecular formula is C18H26O5S. The van der Waals surface area contributed by atoms with Crippen molar-refractivity contribution < 1.29 is 22.1 Å². The lowest BCUT2D eigenvalue weighted by Gasteiger charge is -2.31. The van der Waals surface area contributed by atoms with Crippen molar-refractivity contribution in [2.24, 2.45) is 11.8 Å². The van der Waals surface area contributed by atoms with Crippen molar-refractivity contribution in [3.63, 3.8) is 0 Å². The highest BCUT2D eigenvalue weighted by atomic mass is 32.2. The summed E-state index contributed by atoms with van der Waals surface area (Å²) >= 11 is 0. The second-order valence-electron chi connectivity index (χ2n) is 6.45. The predicted molar refractivity (Wildman–Crippen MR) is 91.7 cm³/mol. The molecule has 0 saturated heterocycles. The third-order valence-corrected chi connectivity index (χ3v) is 5.15. The van der Waals surface area contributed by atoms with Crippen LogP contribution in [0.4, 0.5) is 0 Å². The van der Waals surface area contributed by atoms with Crippen LogP contribution in [-0.2, 0) is 30.4 Å². The lowest BCUT2D eigenvalue weighted by molar-refractivity contribution is -0.151. The van der Waals surface area contributed by atoms with E-state index in [1.165, 1.54) is 0 Å². The number of carbonyl (C=O) groups is 1. The van der Waals surface area contributed by atoms with Crippen molar-refractivity contribution in [2.75, 3.05) is 6.26 Å². The van der Waals surface area contributed by atoms with E-state index in [9.17, 15) is 13.2 Å². The summed E-state index contributed by atoms with van der Waals surface area (Å²) in [6.45, 7) is 2.23. The van der Waals surface area contributed by atoms with E-state index in [1.807, 2.05) is 37.3 Å². The van der Waals surface area contributed by atoms with E-state index in [-0.39, 0.29) is 23.9 Å². The van der Waals surface area contributed by atoms with Gasteiger partial charge in [0.15, 0.2) is 0 Å². The molecule has 0 N–H and O–H groups in total. The van der Waals surface area contributed by atoms with E-state index in [0.717, 1.165) is 37.5 Å². The molecule has 0 amide bonds. The maximum atomic E-state index is 12.2. The third-order valence-electron chi connectivity index (χ3n) is 4.56. The summed E-state index contributed by atoms with van der Waals surface area (Å²) in [7, 11) is -3.45. The number of benzene rings is 1. The molecule has 1 unspecified atom stereocenters. The summed E-state index contributed by atoms with van der Waals surface area (Å²) in [4.78, 5) is 12.2. The Morgan fingerprint density at radius 2 is 1.79 bits per heavy atom. The molecule has 2 rings (SSSR count). The smallest absolute Gasteiger partial charge is 0.309 e. The Kier molecular flexibility index (Phi) is 6.80. The molecule has 1 aromatic rings. The minimum Gasteiger partial charge on any atom is -0.461 e. The van der Waals surface area contributed by atoms with Crippen LogP contribution in [0.1, 0.15) is 44.6 Å². The Morgan fingerprint density at radius 1 is 1.17 bits per heavy atom. The first-order chi connectivity index (χ1) is 11.4. The van der Waals surface area contributed by atoms with E-state index >= 15 is 0 Å². The molecule has 5 nitrogen and oxygen atoms in total. The van der Waals surface area contributed by atoms with Gasteiger partial charge >= 0.3 is 5.97 Å². The van der Waals surface area contributed by atoms with Crippen LogP contribution in [0.3, 0.4) is 0 Å². The maximum absolute atomic E-state index is 12.2. The first-order valence-electron chi connectivity index (χ1n) is 8.48. The van der Waals surface area contributed by atoms with E-state index in [1.54, 1.807) is 0 Å². The van der Waals surface area contributed by atoms with Crippen molar-refractivity contribution >= 4 is 16.1 Å². The summed E-state index contributed by atoms with van der Waals surface area (Å²) in [6, 6.07) is 9.62. The largest absolute Gasteiger partial charge is 0.461 e. The van der Waals surface area contributed by atoms with Gasteiger partial charge in [-0.05, 0) is 43.6 Å². The highest BCUT2D eigenvalue weighted by molar-refractivity contribution is 7.86. The molecular weight excluding hydrogens is 328 g/mol. The lowest BCUT2D eigenvalue weighted by Crippen LogP contribution is -2.32. The topological polar surface area (TPSA) is 69.7 Å². The predicted octanol–water partition coefficient (Wildman–Crippen LogP) is 3.29. The van der Waals surface area contributed by atoms with Crippen molar-refractivity contribution in [3.8, 4) is 0 Å². The van der Waals surface area contributed by atoms with Gasteiger partial charge < -0.3 is 4.74 Å². The van der Waals surface area contributed by atoms with Crippen LogP contribution < -0.4 is 0 Å².